The minimum Gasteiger partial charge on any atom is -0.497 e. The van der Waals surface area contributed by atoms with Gasteiger partial charge in [0.05, 0.1) is 23.7 Å². The van der Waals surface area contributed by atoms with Crippen LogP contribution in [0, 0.1) is 0 Å². The summed E-state index contributed by atoms with van der Waals surface area (Å²) in [5.41, 5.74) is 15.9. The second-order valence-electron chi connectivity index (χ2n) is 7.85. The lowest BCUT2D eigenvalue weighted by Gasteiger charge is -2.29. The van der Waals surface area contributed by atoms with E-state index in [0.29, 0.717) is 11.8 Å². The van der Waals surface area contributed by atoms with Gasteiger partial charge in [0, 0.05) is 40.9 Å². The Morgan fingerprint density at radius 2 is 2.00 bits per heavy atom. The van der Waals surface area contributed by atoms with Crippen LogP contribution in [0.3, 0.4) is 0 Å². The molecule has 4 aromatic rings. The van der Waals surface area contributed by atoms with Gasteiger partial charge in [-0.1, -0.05) is 12.8 Å². The molecule has 5 rings (SSSR count). The van der Waals surface area contributed by atoms with Gasteiger partial charge < -0.3 is 26.5 Å². The summed E-state index contributed by atoms with van der Waals surface area (Å²) in [7, 11) is 1.66. The Kier molecular flexibility index (Phi) is 4.63. The molecule has 154 valence electrons. The number of nitrogens with one attached hydrogen (secondary N) is 2. The summed E-state index contributed by atoms with van der Waals surface area (Å²) in [6, 6.07) is 8.28. The van der Waals surface area contributed by atoms with Crippen molar-refractivity contribution >= 4 is 33.6 Å². The highest BCUT2D eigenvalue weighted by atomic mass is 16.5. The summed E-state index contributed by atoms with van der Waals surface area (Å²) in [5, 5.41) is 5.20. The predicted octanol–water partition coefficient (Wildman–Crippen LogP) is 3.45. The molecule has 2 unspecified atom stereocenters. The Hall–Kier alpha value is -3.39. The van der Waals surface area contributed by atoms with E-state index in [1.807, 2.05) is 18.2 Å². The van der Waals surface area contributed by atoms with Gasteiger partial charge in [-0.15, -0.1) is 0 Å². The number of nitrogens with zero attached hydrogens (tertiary/aromatic N) is 3. The molecule has 3 heterocycles. The normalized spacial score (nSPS) is 19.3. The van der Waals surface area contributed by atoms with E-state index in [0.717, 1.165) is 51.7 Å². The highest BCUT2D eigenvalue weighted by molar-refractivity contribution is 6.00. The number of aromatic amines is 1. The zero-order valence-corrected chi connectivity index (χ0v) is 16.9. The molecule has 30 heavy (non-hydrogen) atoms. The Balaban J connectivity index is 1.58. The van der Waals surface area contributed by atoms with E-state index in [4.69, 9.17) is 21.2 Å². The number of hydrogen-bond donors (Lipinski definition) is 4. The van der Waals surface area contributed by atoms with E-state index in [1.54, 1.807) is 19.5 Å². The molecule has 1 saturated carbocycles. The Bertz CT molecular complexity index is 1220. The number of methoxy groups -OCH3 is 1. The summed E-state index contributed by atoms with van der Waals surface area (Å²) in [4.78, 5) is 17.1. The second-order valence-corrected chi connectivity index (χ2v) is 7.85. The van der Waals surface area contributed by atoms with Gasteiger partial charge in [0.2, 0.25) is 5.95 Å². The fourth-order valence-corrected chi connectivity index (χ4v) is 4.19. The number of ether oxygens (including phenoxy) is 1. The molecular weight excluding hydrogens is 378 g/mol. The summed E-state index contributed by atoms with van der Waals surface area (Å²) in [6.45, 7) is 0. The molecule has 0 spiro atoms. The summed E-state index contributed by atoms with van der Waals surface area (Å²) < 4.78 is 5.34. The van der Waals surface area contributed by atoms with Crippen molar-refractivity contribution in [2.75, 3.05) is 18.2 Å². The van der Waals surface area contributed by atoms with Crippen LogP contribution in [-0.2, 0) is 0 Å². The van der Waals surface area contributed by atoms with E-state index in [9.17, 15) is 0 Å². The van der Waals surface area contributed by atoms with Crippen LogP contribution in [0.1, 0.15) is 25.7 Å². The predicted molar refractivity (Wildman–Crippen MR) is 119 cm³/mol. The fraction of sp³-hybridized carbons (Fsp3) is 0.318. The number of nitrogen functional groups attached to an aromatic ring is 1. The van der Waals surface area contributed by atoms with Crippen molar-refractivity contribution in [1.82, 2.24) is 19.9 Å². The lowest BCUT2D eigenvalue weighted by molar-refractivity contribution is 0.402. The number of rotatable bonds is 4. The molecule has 1 aliphatic rings. The van der Waals surface area contributed by atoms with Gasteiger partial charge in [-0.2, -0.15) is 0 Å². The monoisotopic (exact) mass is 403 g/mol. The Labute approximate surface area is 174 Å². The summed E-state index contributed by atoms with van der Waals surface area (Å²) in [5.74, 6) is 1.79. The number of H-pyrrole nitrogens is 1. The Morgan fingerprint density at radius 3 is 2.83 bits per heavy atom. The first-order valence-corrected chi connectivity index (χ1v) is 10.2. The summed E-state index contributed by atoms with van der Waals surface area (Å²) in [6.07, 6.45) is 7.87. The molecule has 0 saturated heterocycles. The highest BCUT2D eigenvalue weighted by Crippen LogP contribution is 2.32. The largest absolute Gasteiger partial charge is 0.497 e. The number of hydrogen-bond acceptors (Lipinski definition) is 7. The van der Waals surface area contributed by atoms with Crippen molar-refractivity contribution < 1.29 is 4.74 Å². The fourth-order valence-electron chi connectivity index (χ4n) is 4.19. The van der Waals surface area contributed by atoms with Crippen molar-refractivity contribution in [1.29, 1.82) is 0 Å². The average Bonchev–Trinajstić information content (AvgIpc) is 3.18. The molecule has 3 aromatic heterocycles. The molecule has 0 radical (unpaired) electrons. The lowest BCUT2D eigenvalue weighted by atomic mass is 9.91. The quantitative estimate of drug-likeness (QED) is 0.411. The third kappa shape index (κ3) is 3.29. The minimum absolute atomic E-state index is 0.115. The standard InChI is InChI=1S/C22H25N7O/c1-30-13-6-7-17-12(8-13)9-19(27-17)14-10-25-21(24)15-11-26-22(29-20(14)15)28-18-5-3-2-4-16(18)23/h6-11,16,18,27H,2-5,23H2,1H3,(H2,24,25)(H,26,28,29). The first kappa shape index (κ1) is 18.6. The van der Waals surface area contributed by atoms with Crippen LogP contribution in [0.25, 0.3) is 33.1 Å². The third-order valence-electron chi connectivity index (χ3n) is 5.90. The van der Waals surface area contributed by atoms with Crippen LogP contribution in [0.2, 0.25) is 0 Å². The van der Waals surface area contributed by atoms with Crippen LogP contribution >= 0.6 is 0 Å². The minimum atomic E-state index is 0.115. The molecule has 0 aliphatic heterocycles. The van der Waals surface area contributed by atoms with Crippen LogP contribution in [-0.4, -0.2) is 39.1 Å². The van der Waals surface area contributed by atoms with E-state index >= 15 is 0 Å². The van der Waals surface area contributed by atoms with Gasteiger partial charge in [0.1, 0.15) is 11.6 Å². The highest BCUT2D eigenvalue weighted by Gasteiger charge is 2.23. The van der Waals surface area contributed by atoms with Crippen LogP contribution in [0.4, 0.5) is 11.8 Å². The lowest BCUT2D eigenvalue weighted by Crippen LogP contribution is -2.42. The van der Waals surface area contributed by atoms with Gasteiger partial charge in [-0.05, 0) is 37.1 Å². The number of nitrogens with two attached hydrogens (primary N) is 2. The van der Waals surface area contributed by atoms with Crippen LogP contribution in [0.15, 0.2) is 36.7 Å². The first-order chi connectivity index (χ1) is 14.6. The van der Waals surface area contributed by atoms with E-state index < -0.39 is 0 Å². The number of aromatic nitrogens is 4. The molecule has 8 nitrogen and oxygen atoms in total. The maximum Gasteiger partial charge on any atom is 0.223 e. The van der Waals surface area contributed by atoms with Crippen molar-refractivity contribution in [2.45, 2.75) is 37.8 Å². The molecule has 0 amide bonds. The average molecular weight is 403 g/mol. The SMILES string of the molecule is COc1ccc2[nH]c(-c3cnc(N)c4cnc(NC5CCCCC5N)nc34)cc2c1. The van der Waals surface area contributed by atoms with Crippen LogP contribution in [0.5, 0.6) is 5.75 Å². The maximum atomic E-state index is 6.29. The number of benzene rings is 1. The van der Waals surface area contributed by atoms with Crippen molar-refractivity contribution in [3.8, 4) is 17.0 Å². The zero-order chi connectivity index (χ0) is 20.7. The van der Waals surface area contributed by atoms with E-state index in [2.05, 4.69) is 26.3 Å². The van der Waals surface area contributed by atoms with Crippen molar-refractivity contribution in [3.63, 3.8) is 0 Å². The Morgan fingerprint density at radius 1 is 1.13 bits per heavy atom. The number of anilines is 2. The molecule has 1 aromatic carbocycles. The number of fused-ring (bicyclic) bond motifs is 2. The van der Waals surface area contributed by atoms with Gasteiger partial charge in [0.15, 0.2) is 0 Å². The number of pyridine rings is 1. The zero-order valence-electron chi connectivity index (χ0n) is 16.9. The van der Waals surface area contributed by atoms with Crippen LogP contribution < -0.4 is 21.5 Å². The molecule has 1 aliphatic carbocycles. The molecule has 2 atom stereocenters. The van der Waals surface area contributed by atoms with Crippen molar-refractivity contribution in [3.05, 3.63) is 36.7 Å². The first-order valence-electron chi connectivity index (χ1n) is 10.2. The second kappa shape index (κ2) is 7.46. The molecular formula is C22H25N7O. The smallest absolute Gasteiger partial charge is 0.223 e. The molecule has 0 bridgehead atoms. The molecule has 6 N–H and O–H groups in total. The van der Waals surface area contributed by atoms with E-state index in [-0.39, 0.29) is 12.1 Å². The molecule has 8 heteroatoms. The third-order valence-corrected chi connectivity index (χ3v) is 5.90. The van der Waals surface area contributed by atoms with E-state index in [1.165, 1.54) is 12.8 Å². The maximum absolute atomic E-state index is 6.29. The van der Waals surface area contributed by atoms with Gasteiger partial charge >= 0.3 is 0 Å². The van der Waals surface area contributed by atoms with Gasteiger partial charge in [-0.25, -0.2) is 15.0 Å². The van der Waals surface area contributed by atoms with Crippen molar-refractivity contribution in [2.24, 2.45) is 5.73 Å². The topological polar surface area (TPSA) is 128 Å². The molecule has 1 fully saturated rings. The van der Waals surface area contributed by atoms with Gasteiger partial charge in [-0.3, -0.25) is 0 Å². The summed E-state index contributed by atoms with van der Waals surface area (Å²) >= 11 is 0. The van der Waals surface area contributed by atoms with Gasteiger partial charge in [0.25, 0.3) is 0 Å².